The van der Waals surface area contributed by atoms with Crippen molar-refractivity contribution in [1.82, 2.24) is 9.55 Å². The Morgan fingerprint density at radius 1 is 1.12 bits per heavy atom. The first kappa shape index (κ1) is 16.1. The summed E-state index contributed by atoms with van der Waals surface area (Å²) in [6, 6.07) is 10.2. The lowest BCUT2D eigenvalue weighted by Gasteiger charge is -2.19. The van der Waals surface area contributed by atoms with Crippen LogP contribution in [0, 0.1) is 0 Å². The number of pyridine rings is 1. The van der Waals surface area contributed by atoms with Crippen molar-refractivity contribution in [2.24, 2.45) is 7.05 Å². The number of nitrogens with one attached hydrogen (secondary N) is 1. The number of anilines is 1. The van der Waals surface area contributed by atoms with Crippen LogP contribution in [0.25, 0.3) is 22.0 Å². The third kappa shape index (κ3) is 3.56. The Bertz CT molecular complexity index is 891. The van der Waals surface area contributed by atoms with Crippen molar-refractivity contribution in [3.63, 3.8) is 0 Å². The number of amides is 1. The summed E-state index contributed by atoms with van der Waals surface area (Å²) in [6.45, 7) is 5.49. The number of carbonyl (C=O) groups excluding carboxylic acids is 1. The third-order valence-corrected chi connectivity index (χ3v) is 3.60. The van der Waals surface area contributed by atoms with Crippen molar-refractivity contribution in [2.75, 3.05) is 5.32 Å². The standard InChI is InChI=1S/C19H21N3O2/c1-19(2,3)24-18(23)21-16-10-15(11-20-12-16)13-5-6-17-14(9-13)7-8-22(17)4/h5-12H,1-4H3,(H,21,23). The minimum atomic E-state index is -0.534. The smallest absolute Gasteiger partial charge is 0.412 e. The lowest BCUT2D eigenvalue weighted by Crippen LogP contribution is -2.27. The van der Waals surface area contributed by atoms with Crippen LogP contribution in [0.1, 0.15) is 20.8 Å². The number of aromatic nitrogens is 2. The molecule has 1 amide bonds. The van der Waals surface area contributed by atoms with Gasteiger partial charge in [-0.15, -0.1) is 0 Å². The van der Waals surface area contributed by atoms with E-state index in [0.717, 1.165) is 11.1 Å². The maximum absolute atomic E-state index is 11.9. The predicted molar refractivity (Wildman–Crippen MR) is 96.0 cm³/mol. The summed E-state index contributed by atoms with van der Waals surface area (Å²) in [5, 5.41) is 3.89. The van der Waals surface area contributed by atoms with E-state index in [9.17, 15) is 4.79 Å². The molecule has 0 saturated carbocycles. The summed E-state index contributed by atoms with van der Waals surface area (Å²) >= 11 is 0. The highest BCUT2D eigenvalue weighted by Crippen LogP contribution is 2.26. The van der Waals surface area contributed by atoms with Crippen molar-refractivity contribution in [3.05, 3.63) is 48.9 Å². The molecule has 2 aromatic heterocycles. The fourth-order valence-electron chi connectivity index (χ4n) is 2.55. The second-order valence-electron chi connectivity index (χ2n) is 6.79. The van der Waals surface area contributed by atoms with Crippen molar-refractivity contribution in [1.29, 1.82) is 0 Å². The highest BCUT2D eigenvalue weighted by Gasteiger charge is 2.16. The van der Waals surface area contributed by atoms with Crippen LogP contribution in [0.15, 0.2) is 48.9 Å². The maximum atomic E-state index is 11.9. The quantitative estimate of drug-likeness (QED) is 0.750. The maximum Gasteiger partial charge on any atom is 0.412 e. The molecule has 0 spiro atoms. The molecule has 0 aliphatic rings. The molecule has 1 N–H and O–H groups in total. The zero-order valence-electron chi connectivity index (χ0n) is 14.3. The molecule has 1 aromatic carbocycles. The van der Waals surface area contributed by atoms with E-state index in [1.165, 1.54) is 10.9 Å². The molecule has 0 radical (unpaired) electrons. The molecule has 3 rings (SSSR count). The van der Waals surface area contributed by atoms with Crippen LogP contribution >= 0.6 is 0 Å². The molecule has 5 heteroatoms. The van der Waals surface area contributed by atoms with Crippen LogP contribution in [-0.2, 0) is 11.8 Å². The largest absolute Gasteiger partial charge is 0.444 e. The molecule has 0 aliphatic heterocycles. The summed E-state index contributed by atoms with van der Waals surface area (Å²) in [7, 11) is 2.02. The fraction of sp³-hybridized carbons (Fsp3) is 0.263. The summed E-state index contributed by atoms with van der Waals surface area (Å²) in [6.07, 6.45) is 4.94. The van der Waals surface area contributed by atoms with Crippen molar-refractivity contribution >= 4 is 22.7 Å². The van der Waals surface area contributed by atoms with E-state index in [1.807, 2.05) is 40.1 Å². The number of fused-ring (bicyclic) bond motifs is 1. The Balaban J connectivity index is 1.85. The molecule has 0 atom stereocenters. The van der Waals surface area contributed by atoms with Crippen molar-refractivity contribution in [2.45, 2.75) is 26.4 Å². The second kappa shape index (κ2) is 6.00. The Labute approximate surface area is 141 Å². The van der Waals surface area contributed by atoms with Crippen LogP contribution < -0.4 is 5.32 Å². The van der Waals surface area contributed by atoms with Gasteiger partial charge >= 0.3 is 6.09 Å². The van der Waals surface area contributed by atoms with E-state index < -0.39 is 11.7 Å². The van der Waals surface area contributed by atoms with E-state index >= 15 is 0 Å². The summed E-state index contributed by atoms with van der Waals surface area (Å²) in [5.74, 6) is 0. The number of nitrogens with zero attached hydrogens (tertiary/aromatic N) is 2. The molecule has 0 bridgehead atoms. The van der Waals surface area contributed by atoms with Crippen LogP contribution in [-0.4, -0.2) is 21.2 Å². The molecule has 0 fully saturated rings. The van der Waals surface area contributed by atoms with Crippen molar-refractivity contribution in [3.8, 4) is 11.1 Å². The van der Waals surface area contributed by atoms with Gasteiger partial charge in [-0.25, -0.2) is 4.79 Å². The lowest BCUT2D eigenvalue weighted by atomic mass is 10.1. The highest BCUT2D eigenvalue weighted by atomic mass is 16.6. The molecule has 3 aromatic rings. The van der Waals surface area contributed by atoms with E-state index in [0.29, 0.717) is 5.69 Å². The van der Waals surface area contributed by atoms with Gasteiger partial charge in [0.2, 0.25) is 0 Å². The van der Waals surface area contributed by atoms with E-state index in [1.54, 1.807) is 12.4 Å². The summed E-state index contributed by atoms with van der Waals surface area (Å²) < 4.78 is 7.35. The summed E-state index contributed by atoms with van der Waals surface area (Å²) in [5.41, 5.74) is 3.24. The van der Waals surface area contributed by atoms with Crippen LogP contribution in [0.4, 0.5) is 10.5 Å². The number of benzene rings is 1. The molecule has 0 aliphatic carbocycles. The van der Waals surface area contributed by atoms with E-state index in [2.05, 4.69) is 39.1 Å². The number of carbonyl (C=O) groups is 1. The Morgan fingerprint density at radius 2 is 1.92 bits per heavy atom. The second-order valence-corrected chi connectivity index (χ2v) is 6.79. The number of hydrogen-bond acceptors (Lipinski definition) is 3. The van der Waals surface area contributed by atoms with E-state index in [-0.39, 0.29) is 0 Å². The van der Waals surface area contributed by atoms with Gasteiger partial charge in [-0.2, -0.15) is 0 Å². The Morgan fingerprint density at radius 3 is 2.67 bits per heavy atom. The van der Waals surface area contributed by atoms with E-state index in [4.69, 9.17) is 4.74 Å². The zero-order chi connectivity index (χ0) is 17.3. The van der Waals surface area contributed by atoms with Gasteiger partial charge in [-0.3, -0.25) is 10.3 Å². The third-order valence-electron chi connectivity index (χ3n) is 3.60. The predicted octanol–water partition coefficient (Wildman–Crippen LogP) is 4.59. The SMILES string of the molecule is Cn1ccc2cc(-c3cncc(NC(=O)OC(C)(C)C)c3)ccc21. The molecule has 5 nitrogen and oxygen atoms in total. The molecular weight excluding hydrogens is 302 g/mol. The fourth-order valence-corrected chi connectivity index (χ4v) is 2.55. The average molecular weight is 323 g/mol. The van der Waals surface area contributed by atoms with Crippen LogP contribution in [0.2, 0.25) is 0 Å². The van der Waals surface area contributed by atoms with Gasteiger partial charge in [0.15, 0.2) is 0 Å². The Kier molecular flexibility index (Phi) is 4.01. The van der Waals surface area contributed by atoms with Gasteiger partial charge < -0.3 is 9.30 Å². The van der Waals surface area contributed by atoms with Crippen LogP contribution in [0.5, 0.6) is 0 Å². The minimum absolute atomic E-state index is 0.486. The first-order valence-corrected chi connectivity index (χ1v) is 7.82. The van der Waals surface area contributed by atoms with Gasteiger partial charge in [-0.1, -0.05) is 6.07 Å². The lowest BCUT2D eigenvalue weighted by molar-refractivity contribution is 0.0636. The number of rotatable bonds is 2. The average Bonchev–Trinajstić information content (AvgIpc) is 2.86. The minimum Gasteiger partial charge on any atom is -0.444 e. The van der Waals surface area contributed by atoms with Crippen LogP contribution in [0.3, 0.4) is 0 Å². The first-order valence-electron chi connectivity index (χ1n) is 7.82. The topological polar surface area (TPSA) is 56.2 Å². The van der Waals surface area contributed by atoms with Gasteiger partial charge in [0.25, 0.3) is 0 Å². The van der Waals surface area contributed by atoms with Gasteiger partial charge in [0, 0.05) is 35.9 Å². The molecule has 0 unspecified atom stereocenters. The first-order chi connectivity index (χ1) is 11.3. The monoisotopic (exact) mass is 323 g/mol. The normalized spacial score (nSPS) is 11.5. The van der Waals surface area contributed by atoms with Gasteiger partial charge in [-0.05, 0) is 50.6 Å². The molecule has 2 heterocycles. The number of aryl methyl sites for hydroxylation is 1. The number of ether oxygens (including phenoxy) is 1. The Hall–Kier alpha value is -2.82. The highest BCUT2D eigenvalue weighted by molar-refractivity contribution is 5.88. The number of hydrogen-bond donors (Lipinski definition) is 1. The zero-order valence-corrected chi connectivity index (χ0v) is 14.3. The van der Waals surface area contributed by atoms with Gasteiger partial charge in [0.05, 0.1) is 11.9 Å². The summed E-state index contributed by atoms with van der Waals surface area (Å²) in [4.78, 5) is 16.1. The van der Waals surface area contributed by atoms with Gasteiger partial charge in [0.1, 0.15) is 5.60 Å². The molecule has 0 saturated heterocycles. The molecule has 124 valence electrons. The molecular formula is C19H21N3O2. The molecule has 24 heavy (non-hydrogen) atoms. The van der Waals surface area contributed by atoms with Crippen molar-refractivity contribution < 1.29 is 9.53 Å².